The van der Waals surface area contributed by atoms with Gasteiger partial charge in [-0.1, -0.05) is 22.9 Å². The van der Waals surface area contributed by atoms with E-state index in [9.17, 15) is 9.59 Å². The van der Waals surface area contributed by atoms with Crippen molar-refractivity contribution in [2.24, 2.45) is 5.92 Å². The highest BCUT2D eigenvalue weighted by atomic mass is 16.5. The summed E-state index contributed by atoms with van der Waals surface area (Å²) in [7, 11) is 0. The topological polar surface area (TPSA) is 110 Å². The van der Waals surface area contributed by atoms with Crippen LogP contribution in [0.4, 0.5) is 11.5 Å². The van der Waals surface area contributed by atoms with Crippen LogP contribution in [0.15, 0.2) is 54.9 Å². The summed E-state index contributed by atoms with van der Waals surface area (Å²) in [6.07, 6.45) is 1.77. The summed E-state index contributed by atoms with van der Waals surface area (Å²) < 4.78 is 7.22. The van der Waals surface area contributed by atoms with Gasteiger partial charge in [0.1, 0.15) is 12.1 Å². The zero-order valence-electron chi connectivity index (χ0n) is 22.0. The van der Waals surface area contributed by atoms with Crippen LogP contribution < -0.4 is 14.5 Å². The fraction of sp³-hybridized carbons (Fsp3) is 0.357. The quantitative estimate of drug-likeness (QED) is 0.377. The number of fused-ring (bicyclic) bond motifs is 1. The van der Waals surface area contributed by atoms with Crippen molar-refractivity contribution in [3.8, 4) is 11.4 Å². The van der Waals surface area contributed by atoms with E-state index in [4.69, 9.17) is 4.74 Å². The third-order valence-electron chi connectivity index (χ3n) is 7.32. The first-order valence-electron chi connectivity index (χ1n) is 13.2. The third kappa shape index (κ3) is 4.75. The lowest BCUT2D eigenvalue weighted by atomic mass is 10.1. The maximum absolute atomic E-state index is 13.3. The van der Waals surface area contributed by atoms with E-state index in [0.717, 1.165) is 22.7 Å². The molecule has 2 aliphatic heterocycles. The average Bonchev–Trinajstić information content (AvgIpc) is 3.58. The lowest BCUT2D eigenvalue weighted by Crippen LogP contribution is -2.51. The molecule has 2 aromatic carbocycles. The number of rotatable bonds is 6. The molecule has 2 aromatic heterocycles. The van der Waals surface area contributed by atoms with Crippen LogP contribution in [0.3, 0.4) is 0 Å². The summed E-state index contributed by atoms with van der Waals surface area (Å²) in [6.45, 7) is 7.29. The zero-order chi connectivity index (χ0) is 26.9. The monoisotopic (exact) mass is 526 g/mol. The standard InChI is InChI=1S/C28H30N8O3/c1-3-39-23-10-8-22(9-11-23)36-27-25(31-32-36)26(29-18-30-27)33-12-14-34(15-13-33)28(38)20-16-24(37)35(17-20)21-6-4-19(2)5-7-21/h4-11,18,20H,3,12-17H2,1-2H3. The highest BCUT2D eigenvalue weighted by Gasteiger charge is 2.38. The Labute approximate surface area is 226 Å². The molecule has 6 rings (SSSR count). The molecule has 0 aliphatic carbocycles. The number of nitrogens with zero attached hydrogens (tertiary/aromatic N) is 8. The average molecular weight is 527 g/mol. The molecule has 11 nitrogen and oxygen atoms in total. The Balaban J connectivity index is 1.12. The maximum Gasteiger partial charge on any atom is 0.228 e. The van der Waals surface area contributed by atoms with Crippen LogP contribution in [0.5, 0.6) is 5.75 Å². The number of aryl methyl sites for hydroxylation is 1. The molecule has 39 heavy (non-hydrogen) atoms. The minimum absolute atomic E-state index is 0.00478. The molecule has 4 heterocycles. The van der Waals surface area contributed by atoms with Gasteiger partial charge in [0.15, 0.2) is 17.0 Å². The molecular formula is C28H30N8O3. The van der Waals surface area contributed by atoms with Crippen LogP contribution in [0, 0.1) is 12.8 Å². The number of hydrogen-bond acceptors (Lipinski definition) is 8. The van der Waals surface area contributed by atoms with Gasteiger partial charge in [-0.05, 0) is 50.2 Å². The second-order valence-corrected chi connectivity index (χ2v) is 9.85. The molecule has 200 valence electrons. The summed E-state index contributed by atoms with van der Waals surface area (Å²) in [5.41, 5.74) is 4.03. The number of hydrogen-bond donors (Lipinski definition) is 0. The molecule has 11 heteroatoms. The summed E-state index contributed by atoms with van der Waals surface area (Å²) in [6, 6.07) is 15.5. The van der Waals surface area contributed by atoms with Gasteiger partial charge in [0.05, 0.1) is 18.2 Å². The van der Waals surface area contributed by atoms with Gasteiger partial charge in [-0.25, -0.2) is 9.97 Å². The van der Waals surface area contributed by atoms with Crippen molar-refractivity contribution in [2.45, 2.75) is 20.3 Å². The number of carbonyl (C=O) groups is 2. The first-order valence-corrected chi connectivity index (χ1v) is 13.2. The first-order chi connectivity index (χ1) is 19.0. The molecule has 0 radical (unpaired) electrons. The molecule has 0 spiro atoms. The number of benzene rings is 2. The van der Waals surface area contributed by atoms with Gasteiger partial charge in [-0.15, -0.1) is 5.10 Å². The second-order valence-electron chi connectivity index (χ2n) is 9.85. The van der Waals surface area contributed by atoms with Crippen LogP contribution in [0.1, 0.15) is 18.9 Å². The summed E-state index contributed by atoms with van der Waals surface area (Å²) in [5, 5.41) is 8.72. The van der Waals surface area contributed by atoms with Crippen molar-refractivity contribution in [3.05, 3.63) is 60.4 Å². The number of anilines is 2. The van der Waals surface area contributed by atoms with Gasteiger partial charge >= 0.3 is 0 Å². The summed E-state index contributed by atoms with van der Waals surface area (Å²) >= 11 is 0. The van der Waals surface area contributed by atoms with Crippen LogP contribution in [-0.4, -0.2) is 81.0 Å². The van der Waals surface area contributed by atoms with E-state index in [1.807, 2.05) is 67.3 Å². The molecule has 0 saturated carbocycles. The number of carbonyl (C=O) groups excluding carboxylic acids is 2. The molecular weight excluding hydrogens is 496 g/mol. The van der Waals surface area contributed by atoms with Gasteiger partial charge in [-0.2, -0.15) is 4.68 Å². The van der Waals surface area contributed by atoms with E-state index < -0.39 is 0 Å². The number of amides is 2. The highest BCUT2D eigenvalue weighted by molar-refractivity contribution is 6.00. The Morgan fingerprint density at radius 2 is 1.69 bits per heavy atom. The van der Waals surface area contributed by atoms with E-state index in [0.29, 0.717) is 56.3 Å². The Morgan fingerprint density at radius 3 is 2.41 bits per heavy atom. The van der Waals surface area contributed by atoms with Crippen molar-refractivity contribution in [1.29, 1.82) is 0 Å². The molecule has 1 unspecified atom stereocenters. The number of aromatic nitrogens is 5. The lowest BCUT2D eigenvalue weighted by Gasteiger charge is -2.36. The Morgan fingerprint density at radius 1 is 0.974 bits per heavy atom. The maximum atomic E-state index is 13.3. The van der Waals surface area contributed by atoms with Gasteiger partial charge in [0.2, 0.25) is 11.8 Å². The first kappa shape index (κ1) is 24.8. The van der Waals surface area contributed by atoms with E-state index in [1.165, 1.54) is 6.33 Å². The lowest BCUT2D eigenvalue weighted by molar-refractivity contribution is -0.136. The smallest absolute Gasteiger partial charge is 0.228 e. The van der Waals surface area contributed by atoms with E-state index in [-0.39, 0.29) is 24.2 Å². The zero-order valence-corrected chi connectivity index (χ0v) is 22.0. The fourth-order valence-electron chi connectivity index (χ4n) is 5.24. The van der Waals surface area contributed by atoms with Crippen LogP contribution in [-0.2, 0) is 9.59 Å². The molecule has 2 amide bonds. The van der Waals surface area contributed by atoms with Crippen LogP contribution in [0.2, 0.25) is 0 Å². The largest absolute Gasteiger partial charge is 0.494 e. The van der Waals surface area contributed by atoms with Gasteiger partial charge in [0, 0.05) is 44.8 Å². The van der Waals surface area contributed by atoms with Crippen molar-refractivity contribution >= 4 is 34.5 Å². The predicted octanol–water partition coefficient (Wildman–Crippen LogP) is 2.62. The van der Waals surface area contributed by atoms with E-state index in [1.54, 1.807) is 9.58 Å². The van der Waals surface area contributed by atoms with Crippen molar-refractivity contribution in [1.82, 2.24) is 29.9 Å². The van der Waals surface area contributed by atoms with Crippen molar-refractivity contribution in [2.75, 3.05) is 49.1 Å². The second kappa shape index (κ2) is 10.3. The SMILES string of the molecule is CCOc1ccc(-n2nnc3c(N4CCN(C(=O)C5CC(=O)N(c6ccc(C)cc6)C5)CC4)ncnc32)cc1. The van der Waals surface area contributed by atoms with E-state index in [2.05, 4.69) is 25.2 Å². The Hall–Kier alpha value is -4.54. The molecule has 2 saturated heterocycles. The van der Waals surface area contributed by atoms with Crippen LogP contribution in [0.25, 0.3) is 16.9 Å². The minimum atomic E-state index is -0.329. The Bertz CT molecular complexity index is 1490. The van der Waals surface area contributed by atoms with Gasteiger partial charge in [0.25, 0.3) is 0 Å². The van der Waals surface area contributed by atoms with E-state index >= 15 is 0 Å². The molecule has 2 aliphatic rings. The molecule has 0 bridgehead atoms. The Kier molecular flexibility index (Phi) is 6.55. The van der Waals surface area contributed by atoms with Crippen molar-refractivity contribution in [3.63, 3.8) is 0 Å². The van der Waals surface area contributed by atoms with Crippen LogP contribution >= 0.6 is 0 Å². The molecule has 2 fully saturated rings. The third-order valence-corrected chi connectivity index (χ3v) is 7.32. The predicted molar refractivity (Wildman–Crippen MR) is 146 cm³/mol. The summed E-state index contributed by atoms with van der Waals surface area (Å²) in [4.78, 5) is 40.7. The fourth-order valence-corrected chi connectivity index (χ4v) is 5.24. The van der Waals surface area contributed by atoms with Gasteiger partial charge in [-0.3, -0.25) is 9.59 Å². The van der Waals surface area contributed by atoms with Crippen molar-refractivity contribution < 1.29 is 14.3 Å². The highest BCUT2D eigenvalue weighted by Crippen LogP contribution is 2.28. The number of piperazine rings is 1. The summed E-state index contributed by atoms with van der Waals surface area (Å²) in [5.74, 6) is 1.19. The number of ether oxygens (including phenoxy) is 1. The molecule has 1 atom stereocenters. The normalized spacial score (nSPS) is 17.7. The minimum Gasteiger partial charge on any atom is -0.494 e. The van der Waals surface area contributed by atoms with Gasteiger partial charge < -0.3 is 19.4 Å². The molecule has 0 N–H and O–H groups in total. The molecule has 4 aromatic rings.